The molecule has 1 aromatic carbocycles. The number of hydrogen-bond acceptors (Lipinski definition) is 5. The molecule has 0 bridgehead atoms. The van der Waals surface area contributed by atoms with Gasteiger partial charge in [-0.25, -0.2) is 4.98 Å². The van der Waals surface area contributed by atoms with Gasteiger partial charge in [-0.2, -0.15) is 0 Å². The molecule has 0 unspecified atom stereocenters. The van der Waals surface area contributed by atoms with E-state index >= 15 is 0 Å². The highest BCUT2D eigenvalue weighted by Crippen LogP contribution is 2.23. The fourth-order valence-electron chi connectivity index (χ4n) is 1.84. The van der Waals surface area contributed by atoms with Crippen molar-refractivity contribution in [2.24, 2.45) is 0 Å². The van der Waals surface area contributed by atoms with Crippen LogP contribution in [0.15, 0.2) is 29.6 Å². The van der Waals surface area contributed by atoms with Crippen LogP contribution in [0.2, 0.25) is 0 Å². The summed E-state index contributed by atoms with van der Waals surface area (Å²) in [5.41, 5.74) is 2.66. The van der Waals surface area contributed by atoms with Crippen molar-refractivity contribution in [3.8, 4) is 10.6 Å². The Morgan fingerprint density at radius 2 is 2.09 bits per heavy atom. The van der Waals surface area contributed by atoms with Crippen LogP contribution in [0, 0.1) is 6.92 Å². The fourth-order valence-corrected chi connectivity index (χ4v) is 2.65. The van der Waals surface area contributed by atoms with Crippen LogP contribution in [0.3, 0.4) is 0 Å². The minimum Gasteiger partial charge on any atom is -0.394 e. The molecule has 0 atom stereocenters. The van der Waals surface area contributed by atoms with Crippen LogP contribution in [-0.4, -0.2) is 42.4 Å². The Hall–Kier alpha value is -1.76. The Balaban J connectivity index is 1.83. The zero-order chi connectivity index (χ0) is 15.8. The highest BCUT2D eigenvalue weighted by molar-refractivity contribution is 7.13. The lowest BCUT2D eigenvalue weighted by atomic mass is 10.2. The molecule has 0 aliphatic carbocycles. The van der Waals surface area contributed by atoms with Crippen molar-refractivity contribution in [3.05, 3.63) is 40.9 Å². The minimum atomic E-state index is -0.170. The molecule has 22 heavy (non-hydrogen) atoms. The van der Waals surface area contributed by atoms with Gasteiger partial charge in [0.05, 0.1) is 13.2 Å². The summed E-state index contributed by atoms with van der Waals surface area (Å²) in [7, 11) is 0. The average Bonchev–Trinajstić information content (AvgIpc) is 3.01. The Labute approximate surface area is 134 Å². The monoisotopic (exact) mass is 320 g/mol. The number of aliphatic hydroxyl groups is 1. The third kappa shape index (κ3) is 4.91. The third-order valence-corrected chi connectivity index (χ3v) is 3.91. The Morgan fingerprint density at radius 1 is 1.32 bits per heavy atom. The normalized spacial score (nSPS) is 10.6. The average molecular weight is 320 g/mol. The molecule has 0 aliphatic rings. The first-order valence-electron chi connectivity index (χ1n) is 7.20. The van der Waals surface area contributed by atoms with Crippen LogP contribution < -0.4 is 5.32 Å². The van der Waals surface area contributed by atoms with Gasteiger partial charge in [-0.15, -0.1) is 11.3 Å². The van der Waals surface area contributed by atoms with E-state index in [1.165, 1.54) is 16.9 Å². The highest BCUT2D eigenvalue weighted by atomic mass is 32.1. The van der Waals surface area contributed by atoms with E-state index in [-0.39, 0.29) is 12.5 Å². The molecule has 0 saturated carbocycles. The molecule has 1 amide bonds. The number of thiazole rings is 1. The number of ether oxygens (including phenoxy) is 1. The molecule has 2 rings (SSSR count). The topological polar surface area (TPSA) is 71.5 Å². The first kappa shape index (κ1) is 16.6. The number of nitrogens with one attached hydrogen (secondary N) is 1. The number of hydrogen-bond donors (Lipinski definition) is 2. The molecule has 0 spiro atoms. The molecule has 0 saturated heterocycles. The van der Waals surface area contributed by atoms with Crippen LogP contribution >= 0.6 is 11.3 Å². The number of carbonyl (C=O) groups is 1. The van der Waals surface area contributed by atoms with Crippen LogP contribution in [0.1, 0.15) is 22.5 Å². The minimum absolute atomic E-state index is 0.0208. The number of rotatable bonds is 8. The molecular formula is C16H20N2O3S. The van der Waals surface area contributed by atoms with E-state index in [9.17, 15) is 4.79 Å². The first-order chi connectivity index (χ1) is 10.7. The van der Waals surface area contributed by atoms with E-state index in [2.05, 4.69) is 10.3 Å². The van der Waals surface area contributed by atoms with Gasteiger partial charge in [-0.3, -0.25) is 4.79 Å². The summed E-state index contributed by atoms with van der Waals surface area (Å²) in [4.78, 5) is 16.4. The van der Waals surface area contributed by atoms with Crippen LogP contribution in [0.4, 0.5) is 0 Å². The largest absolute Gasteiger partial charge is 0.394 e. The van der Waals surface area contributed by atoms with Gasteiger partial charge in [0.1, 0.15) is 10.7 Å². The lowest BCUT2D eigenvalue weighted by Gasteiger charge is -2.03. The zero-order valence-electron chi connectivity index (χ0n) is 12.5. The van der Waals surface area contributed by atoms with Gasteiger partial charge in [0.15, 0.2) is 0 Å². The molecule has 118 valence electrons. The molecule has 0 radical (unpaired) electrons. The van der Waals surface area contributed by atoms with E-state index in [4.69, 9.17) is 9.84 Å². The lowest BCUT2D eigenvalue weighted by Crippen LogP contribution is -2.25. The zero-order valence-corrected chi connectivity index (χ0v) is 13.4. The van der Waals surface area contributed by atoms with E-state index in [0.29, 0.717) is 31.9 Å². The van der Waals surface area contributed by atoms with Gasteiger partial charge < -0.3 is 15.2 Å². The van der Waals surface area contributed by atoms with Gasteiger partial charge >= 0.3 is 0 Å². The van der Waals surface area contributed by atoms with Crippen molar-refractivity contribution < 1.29 is 14.6 Å². The maximum atomic E-state index is 12.0. The third-order valence-electron chi connectivity index (χ3n) is 3.02. The molecular weight excluding hydrogens is 300 g/mol. The quantitative estimate of drug-likeness (QED) is 0.732. The number of aliphatic hydroxyl groups excluding tert-OH is 1. The maximum Gasteiger partial charge on any atom is 0.270 e. The molecule has 0 aliphatic heterocycles. The van der Waals surface area contributed by atoms with Gasteiger partial charge in [-0.05, 0) is 13.3 Å². The van der Waals surface area contributed by atoms with Crippen molar-refractivity contribution >= 4 is 17.2 Å². The standard InChI is InChI=1S/C16H20N2O3S/c1-12-3-5-13(6-4-12)16-18-14(11-22-16)15(20)17-7-2-9-21-10-8-19/h3-6,11,19H,2,7-10H2,1H3,(H,17,20). The lowest BCUT2D eigenvalue weighted by molar-refractivity contribution is 0.0866. The number of carbonyl (C=O) groups excluding carboxylic acids is 1. The summed E-state index contributed by atoms with van der Waals surface area (Å²) in [6.07, 6.45) is 0.709. The van der Waals surface area contributed by atoms with Crippen molar-refractivity contribution in [1.82, 2.24) is 10.3 Å². The molecule has 6 heteroatoms. The first-order valence-corrected chi connectivity index (χ1v) is 8.08. The van der Waals surface area contributed by atoms with Crippen LogP contribution in [-0.2, 0) is 4.74 Å². The number of benzene rings is 1. The second-order valence-corrected chi connectivity index (χ2v) is 5.71. The van der Waals surface area contributed by atoms with Gasteiger partial charge in [-0.1, -0.05) is 29.8 Å². The van der Waals surface area contributed by atoms with Crippen molar-refractivity contribution in [2.45, 2.75) is 13.3 Å². The Kier molecular flexibility index (Phi) is 6.51. The van der Waals surface area contributed by atoms with Crippen LogP contribution in [0.25, 0.3) is 10.6 Å². The number of aromatic nitrogens is 1. The van der Waals surface area contributed by atoms with Crippen molar-refractivity contribution in [3.63, 3.8) is 0 Å². The van der Waals surface area contributed by atoms with Crippen molar-refractivity contribution in [1.29, 1.82) is 0 Å². The number of amides is 1. The molecule has 0 fully saturated rings. The summed E-state index contributed by atoms with van der Waals surface area (Å²) in [6.45, 7) is 3.44. The van der Waals surface area contributed by atoms with Gasteiger partial charge in [0.2, 0.25) is 0 Å². The molecule has 5 nitrogen and oxygen atoms in total. The van der Waals surface area contributed by atoms with Gasteiger partial charge in [0.25, 0.3) is 5.91 Å². The summed E-state index contributed by atoms with van der Waals surface area (Å²) in [5, 5.41) is 14.0. The summed E-state index contributed by atoms with van der Waals surface area (Å²) < 4.78 is 5.13. The van der Waals surface area contributed by atoms with Gasteiger partial charge in [0, 0.05) is 24.1 Å². The number of aryl methyl sites for hydroxylation is 1. The smallest absolute Gasteiger partial charge is 0.270 e. The molecule has 1 heterocycles. The molecule has 2 aromatic rings. The molecule has 1 aromatic heterocycles. The van der Waals surface area contributed by atoms with E-state index in [1.54, 1.807) is 5.38 Å². The Bertz CT molecular complexity index is 596. The van der Waals surface area contributed by atoms with E-state index in [1.807, 2.05) is 31.2 Å². The molecule has 2 N–H and O–H groups in total. The number of nitrogens with zero attached hydrogens (tertiary/aromatic N) is 1. The summed E-state index contributed by atoms with van der Waals surface area (Å²) in [6, 6.07) is 8.08. The highest BCUT2D eigenvalue weighted by Gasteiger charge is 2.11. The fraction of sp³-hybridized carbons (Fsp3) is 0.375. The summed E-state index contributed by atoms with van der Waals surface area (Å²) in [5.74, 6) is -0.170. The van der Waals surface area contributed by atoms with E-state index in [0.717, 1.165) is 10.6 Å². The predicted octanol–water partition coefficient (Wildman–Crippen LogP) is 2.25. The second kappa shape index (κ2) is 8.63. The van der Waals surface area contributed by atoms with E-state index < -0.39 is 0 Å². The van der Waals surface area contributed by atoms with Crippen LogP contribution in [0.5, 0.6) is 0 Å². The summed E-state index contributed by atoms with van der Waals surface area (Å²) >= 11 is 1.46. The Morgan fingerprint density at radius 3 is 2.82 bits per heavy atom. The predicted molar refractivity (Wildman–Crippen MR) is 87.1 cm³/mol. The van der Waals surface area contributed by atoms with Crippen molar-refractivity contribution in [2.75, 3.05) is 26.4 Å². The maximum absolute atomic E-state index is 12.0. The SMILES string of the molecule is Cc1ccc(-c2nc(C(=O)NCCCOCCO)cs2)cc1. The second-order valence-electron chi connectivity index (χ2n) is 4.85.